The number of nitrogens with one attached hydrogen (secondary N) is 2. The van der Waals surface area contributed by atoms with Crippen LogP contribution in [0.2, 0.25) is 0 Å². The molecule has 6 nitrogen and oxygen atoms in total. The lowest BCUT2D eigenvalue weighted by atomic mass is 9.97. The lowest BCUT2D eigenvalue weighted by Gasteiger charge is -2.26. The summed E-state index contributed by atoms with van der Waals surface area (Å²) in [6.45, 7) is 1.15. The Labute approximate surface area is 124 Å². The Morgan fingerprint density at radius 3 is 2.90 bits per heavy atom. The minimum absolute atomic E-state index is 0.104. The molecule has 0 aliphatic carbocycles. The van der Waals surface area contributed by atoms with E-state index in [0.29, 0.717) is 13.2 Å². The summed E-state index contributed by atoms with van der Waals surface area (Å²) >= 11 is 0. The van der Waals surface area contributed by atoms with Crippen molar-refractivity contribution >= 4 is 15.9 Å². The van der Waals surface area contributed by atoms with Gasteiger partial charge in [-0.25, -0.2) is 13.1 Å². The molecule has 0 fully saturated rings. The normalized spacial score (nSPS) is 18.0. The molecule has 1 aromatic rings. The first-order valence-electron chi connectivity index (χ1n) is 6.86. The first kappa shape index (κ1) is 15.9. The van der Waals surface area contributed by atoms with Crippen LogP contribution in [0.5, 0.6) is 0 Å². The second-order valence-electron chi connectivity index (χ2n) is 5.03. The van der Waals surface area contributed by atoms with Crippen molar-refractivity contribution in [2.75, 3.05) is 26.0 Å². The van der Waals surface area contributed by atoms with Gasteiger partial charge in [-0.2, -0.15) is 0 Å². The molecule has 2 rings (SSSR count). The molecule has 0 saturated heterocycles. The number of rotatable bonds is 6. The second kappa shape index (κ2) is 7.02. The third kappa shape index (κ3) is 5.11. The topological polar surface area (TPSA) is 84.5 Å². The van der Waals surface area contributed by atoms with Gasteiger partial charge in [-0.05, 0) is 17.5 Å². The predicted molar refractivity (Wildman–Crippen MR) is 79.3 cm³/mol. The SMILES string of the molecule is CS(=O)(=O)NCCC(=O)NCC1OCCc2ccccc21. The van der Waals surface area contributed by atoms with Gasteiger partial charge in [0.15, 0.2) is 0 Å². The van der Waals surface area contributed by atoms with E-state index in [-0.39, 0.29) is 25.0 Å². The number of sulfonamides is 1. The molecule has 0 saturated carbocycles. The molecule has 2 N–H and O–H groups in total. The van der Waals surface area contributed by atoms with E-state index in [4.69, 9.17) is 4.74 Å². The molecule has 1 aliphatic heterocycles. The fourth-order valence-corrected chi connectivity index (χ4v) is 2.76. The molecule has 7 heteroatoms. The van der Waals surface area contributed by atoms with Crippen molar-refractivity contribution < 1.29 is 17.9 Å². The Morgan fingerprint density at radius 1 is 1.38 bits per heavy atom. The minimum Gasteiger partial charge on any atom is -0.371 e. The Hall–Kier alpha value is -1.44. The van der Waals surface area contributed by atoms with Crippen molar-refractivity contribution in [2.45, 2.75) is 18.9 Å². The van der Waals surface area contributed by atoms with Crippen LogP contribution in [0.25, 0.3) is 0 Å². The van der Waals surface area contributed by atoms with Crippen LogP contribution >= 0.6 is 0 Å². The van der Waals surface area contributed by atoms with Crippen LogP contribution in [0.1, 0.15) is 23.7 Å². The molecular weight excluding hydrogens is 292 g/mol. The van der Waals surface area contributed by atoms with Crippen molar-refractivity contribution in [3.63, 3.8) is 0 Å². The minimum atomic E-state index is -3.25. The highest BCUT2D eigenvalue weighted by molar-refractivity contribution is 7.88. The Kier molecular flexibility index (Phi) is 5.33. The zero-order valence-electron chi connectivity index (χ0n) is 12.0. The first-order chi connectivity index (χ1) is 9.96. The molecule has 1 heterocycles. The molecule has 1 aromatic carbocycles. The van der Waals surface area contributed by atoms with E-state index >= 15 is 0 Å². The van der Waals surface area contributed by atoms with Crippen molar-refractivity contribution in [1.82, 2.24) is 10.0 Å². The lowest BCUT2D eigenvalue weighted by molar-refractivity contribution is -0.121. The fourth-order valence-electron chi connectivity index (χ4n) is 2.29. The smallest absolute Gasteiger partial charge is 0.221 e. The van der Waals surface area contributed by atoms with E-state index in [1.807, 2.05) is 18.2 Å². The van der Waals surface area contributed by atoms with E-state index in [2.05, 4.69) is 16.1 Å². The number of carbonyl (C=O) groups excluding carboxylic acids is 1. The van der Waals surface area contributed by atoms with Crippen LogP contribution in [0.15, 0.2) is 24.3 Å². The van der Waals surface area contributed by atoms with Gasteiger partial charge in [0, 0.05) is 19.5 Å². The van der Waals surface area contributed by atoms with Gasteiger partial charge in [0.2, 0.25) is 15.9 Å². The van der Waals surface area contributed by atoms with Crippen LogP contribution < -0.4 is 10.0 Å². The van der Waals surface area contributed by atoms with Crippen molar-refractivity contribution in [3.8, 4) is 0 Å². The van der Waals surface area contributed by atoms with Gasteiger partial charge < -0.3 is 10.1 Å². The van der Waals surface area contributed by atoms with Gasteiger partial charge in [0.1, 0.15) is 6.10 Å². The van der Waals surface area contributed by atoms with Crippen LogP contribution in [0, 0.1) is 0 Å². The Balaban J connectivity index is 1.80. The van der Waals surface area contributed by atoms with Gasteiger partial charge in [-0.1, -0.05) is 24.3 Å². The molecule has 0 spiro atoms. The molecular formula is C14H20N2O4S. The van der Waals surface area contributed by atoms with Gasteiger partial charge in [0.05, 0.1) is 12.9 Å². The Bertz CT molecular complexity index is 601. The summed E-state index contributed by atoms with van der Waals surface area (Å²) in [5.41, 5.74) is 2.36. The number of hydrogen-bond acceptors (Lipinski definition) is 4. The third-order valence-corrected chi connectivity index (χ3v) is 4.02. The zero-order valence-corrected chi connectivity index (χ0v) is 12.8. The van der Waals surface area contributed by atoms with E-state index in [0.717, 1.165) is 18.2 Å². The van der Waals surface area contributed by atoms with Gasteiger partial charge in [-0.3, -0.25) is 4.79 Å². The fraction of sp³-hybridized carbons (Fsp3) is 0.500. The van der Waals surface area contributed by atoms with Crippen molar-refractivity contribution in [3.05, 3.63) is 35.4 Å². The van der Waals surface area contributed by atoms with Crippen LogP contribution in [0.4, 0.5) is 0 Å². The number of benzene rings is 1. The summed E-state index contributed by atoms with van der Waals surface area (Å²) in [7, 11) is -3.25. The average molecular weight is 312 g/mol. The van der Waals surface area contributed by atoms with Gasteiger partial charge in [0.25, 0.3) is 0 Å². The van der Waals surface area contributed by atoms with E-state index in [9.17, 15) is 13.2 Å². The molecule has 1 aliphatic rings. The van der Waals surface area contributed by atoms with Crippen LogP contribution in [-0.4, -0.2) is 40.3 Å². The van der Waals surface area contributed by atoms with Crippen molar-refractivity contribution in [2.24, 2.45) is 0 Å². The molecule has 1 unspecified atom stereocenters. The van der Waals surface area contributed by atoms with E-state index in [1.165, 1.54) is 5.56 Å². The maximum absolute atomic E-state index is 11.7. The summed E-state index contributed by atoms with van der Waals surface area (Å²) in [6.07, 6.45) is 1.93. The number of amides is 1. The summed E-state index contributed by atoms with van der Waals surface area (Å²) in [5, 5.41) is 2.78. The summed E-state index contributed by atoms with van der Waals surface area (Å²) in [6, 6.07) is 8.04. The number of fused-ring (bicyclic) bond motifs is 1. The molecule has 0 aromatic heterocycles. The second-order valence-corrected chi connectivity index (χ2v) is 6.86. The van der Waals surface area contributed by atoms with Crippen molar-refractivity contribution in [1.29, 1.82) is 0 Å². The third-order valence-electron chi connectivity index (χ3n) is 3.29. The Morgan fingerprint density at radius 2 is 2.14 bits per heavy atom. The highest BCUT2D eigenvalue weighted by Gasteiger charge is 2.20. The molecule has 0 bridgehead atoms. The summed E-state index contributed by atoms with van der Waals surface area (Å²) in [4.78, 5) is 11.7. The van der Waals surface area contributed by atoms with Gasteiger partial charge >= 0.3 is 0 Å². The maximum atomic E-state index is 11.7. The van der Waals surface area contributed by atoms with Crippen LogP contribution in [-0.2, 0) is 26.0 Å². The number of ether oxygens (including phenoxy) is 1. The van der Waals surface area contributed by atoms with E-state index in [1.54, 1.807) is 0 Å². The largest absolute Gasteiger partial charge is 0.371 e. The standard InChI is InChI=1S/C14H20N2O4S/c1-21(18,19)16-8-6-14(17)15-10-13-12-5-3-2-4-11(12)7-9-20-13/h2-5,13,16H,6-10H2,1H3,(H,15,17). The first-order valence-corrected chi connectivity index (χ1v) is 8.75. The number of carbonyl (C=O) groups is 1. The lowest BCUT2D eigenvalue weighted by Crippen LogP contribution is -2.34. The average Bonchev–Trinajstić information content (AvgIpc) is 2.43. The highest BCUT2D eigenvalue weighted by Crippen LogP contribution is 2.26. The van der Waals surface area contributed by atoms with E-state index < -0.39 is 10.0 Å². The molecule has 116 valence electrons. The molecule has 1 atom stereocenters. The molecule has 0 radical (unpaired) electrons. The van der Waals surface area contributed by atoms with Crippen LogP contribution in [0.3, 0.4) is 0 Å². The monoisotopic (exact) mass is 312 g/mol. The molecule has 21 heavy (non-hydrogen) atoms. The summed E-state index contributed by atoms with van der Waals surface area (Å²) in [5.74, 6) is -0.196. The zero-order chi connectivity index (χ0) is 15.3. The molecule has 1 amide bonds. The number of hydrogen-bond donors (Lipinski definition) is 2. The predicted octanol–water partition coefficient (Wildman–Crippen LogP) is 0.356. The summed E-state index contributed by atoms with van der Waals surface area (Å²) < 4.78 is 29.8. The quantitative estimate of drug-likeness (QED) is 0.794. The maximum Gasteiger partial charge on any atom is 0.221 e. The highest BCUT2D eigenvalue weighted by atomic mass is 32.2. The van der Waals surface area contributed by atoms with Gasteiger partial charge in [-0.15, -0.1) is 0 Å².